The van der Waals surface area contributed by atoms with Crippen LogP contribution in [0.5, 0.6) is 0 Å². The number of carbonyl (C=O) groups excluding carboxylic acids is 1. The van der Waals surface area contributed by atoms with E-state index in [1.807, 2.05) is 4.90 Å². The topological polar surface area (TPSA) is 121 Å². The molecule has 41 heavy (non-hydrogen) atoms. The highest BCUT2D eigenvalue weighted by atomic mass is 19.4. The first-order chi connectivity index (χ1) is 19.6. The molecule has 13 heteroatoms. The number of nitro benzene ring substituents is 1. The number of hydrogen-bond donors (Lipinski definition) is 2. The Kier molecular flexibility index (Phi) is 12.0. The molecule has 1 aromatic heterocycles. The molecule has 10 nitrogen and oxygen atoms in total. The molecule has 2 fully saturated rings. The molecule has 1 amide bonds. The average Bonchev–Trinajstić information content (AvgIpc) is 2.95. The van der Waals surface area contributed by atoms with Gasteiger partial charge in [0, 0.05) is 68.9 Å². The lowest BCUT2D eigenvalue weighted by Crippen LogP contribution is -2.50. The molecule has 0 unspecified atom stereocenters. The molecule has 1 aliphatic heterocycles. The Balaban J connectivity index is 0.000000226. The van der Waals surface area contributed by atoms with Gasteiger partial charge in [-0.1, -0.05) is 32.6 Å². The number of aromatic nitrogens is 1. The molecule has 226 valence electrons. The monoisotopic (exact) mass is 581 g/mol. The van der Waals surface area contributed by atoms with Crippen molar-refractivity contribution in [2.45, 2.75) is 64.1 Å². The molecule has 1 aromatic carbocycles. The summed E-state index contributed by atoms with van der Waals surface area (Å²) in [6, 6.07) is 6.30. The molecule has 1 aliphatic carbocycles. The number of nitrogens with one attached hydrogen (secondary N) is 2. The number of unbranched alkanes of at least 4 members (excludes halogenated alkanes) is 1. The van der Waals surface area contributed by atoms with E-state index in [1.165, 1.54) is 12.1 Å². The Hall–Kier alpha value is -3.61. The maximum atomic E-state index is 12.8. The largest absolute Gasteiger partial charge is 0.423 e. The van der Waals surface area contributed by atoms with Gasteiger partial charge in [-0.15, -0.1) is 0 Å². The Morgan fingerprint density at radius 2 is 1.83 bits per heavy atom. The van der Waals surface area contributed by atoms with Crippen molar-refractivity contribution in [3.63, 3.8) is 0 Å². The predicted molar refractivity (Wildman–Crippen MR) is 150 cm³/mol. The molecular weight excluding hydrogens is 543 g/mol. The molecule has 2 aromatic rings. The van der Waals surface area contributed by atoms with Gasteiger partial charge in [-0.2, -0.15) is 13.2 Å². The van der Waals surface area contributed by atoms with Crippen LogP contribution in [0.1, 0.15) is 57.4 Å². The summed E-state index contributed by atoms with van der Waals surface area (Å²) in [4.78, 5) is 40.0. The lowest BCUT2D eigenvalue weighted by atomic mass is 9.95. The Morgan fingerprint density at radius 3 is 2.44 bits per heavy atom. The number of halogens is 3. The number of carbonyl (C=O) groups is 1. The minimum absolute atomic E-state index is 0.00780. The van der Waals surface area contributed by atoms with E-state index >= 15 is 0 Å². The summed E-state index contributed by atoms with van der Waals surface area (Å²) in [6.45, 7) is 5.68. The minimum Gasteiger partial charge on any atom is -0.382 e. The highest BCUT2D eigenvalue weighted by Crippen LogP contribution is 2.38. The minimum atomic E-state index is -4.73. The lowest BCUT2D eigenvalue weighted by Gasteiger charge is -2.35. The van der Waals surface area contributed by atoms with Gasteiger partial charge in [0.05, 0.1) is 4.92 Å². The van der Waals surface area contributed by atoms with Crippen LogP contribution >= 0.6 is 0 Å². The normalized spacial score (nSPS) is 16.1. The van der Waals surface area contributed by atoms with Crippen molar-refractivity contribution in [2.75, 3.05) is 49.6 Å². The van der Waals surface area contributed by atoms with Crippen LogP contribution in [-0.4, -0.2) is 66.1 Å². The average molecular weight is 582 g/mol. The molecule has 2 aliphatic rings. The van der Waals surface area contributed by atoms with Crippen LogP contribution in [0.3, 0.4) is 0 Å². The van der Waals surface area contributed by atoms with Gasteiger partial charge in [-0.25, -0.2) is 0 Å². The van der Waals surface area contributed by atoms with E-state index in [0.29, 0.717) is 19.7 Å². The number of H-pyrrole nitrogens is 1. The quantitative estimate of drug-likeness (QED) is 0.237. The zero-order valence-electron chi connectivity index (χ0n) is 23.3. The summed E-state index contributed by atoms with van der Waals surface area (Å²) in [5.74, 6) is 0.862. The van der Waals surface area contributed by atoms with Crippen molar-refractivity contribution in [1.82, 2.24) is 9.88 Å². The molecule has 2 N–H and O–H groups in total. The summed E-state index contributed by atoms with van der Waals surface area (Å²) >= 11 is 0. The second-order valence-electron chi connectivity index (χ2n) is 10.1. The van der Waals surface area contributed by atoms with Gasteiger partial charge in [0.25, 0.3) is 5.69 Å². The van der Waals surface area contributed by atoms with Gasteiger partial charge in [0.1, 0.15) is 18.0 Å². The van der Waals surface area contributed by atoms with Gasteiger partial charge in [0.2, 0.25) is 5.91 Å². The number of piperazine rings is 1. The number of nitrogens with zero attached hydrogens (tertiary/aromatic N) is 3. The van der Waals surface area contributed by atoms with Crippen LogP contribution in [-0.2, 0) is 15.7 Å². The van der Waals surface area contributed by atoms with Crippen LogP contribution in [0.15, 0.2) is 41.3 Å². The molecule has 0 bridgehead atoms. The van der Waals surface area contributed by atoms with Crippen molar-refractivity contribution in [3.8, 4) is 0 Å². The molecule has 0 atom stereocenters. The number of benzene rings is 1. The first-order valence-electron chi connectivity index (χ1n) is 14.0. The molecule has 2 heterocycles. The number of pyridine rings is 1. The maximum absolute atomic E-state index is 12.8. The number of alkyl halides is 3. The fourth-order valence-corrected chi connectivity index (χ4v) is 4.80. The molecule has 4 rings (SSSR count). The highest BCUT2D eigenvalue weighted by Gasteiger charge is 2.38. The van der Waals surface area contributed by atoms with Crippen molar-refractivity contribution >= 4 is 23.1 Å². The molecular formula is C28H38F3N5O5. The number of hydrogen-bond acceptors (Lipinski definition) is 7. The van der Waals surface area contributed by atoms with E-state index in [0.717, 1.165) is 76.0 Å². The second kappa shape index (κ2) is 15.4. The first-order valence-corrected chi connectivity index (χ1v) is 14.0. The summed E-state index contributed by atoms with van der Waals surface area (Å²) in [5, 5.41) is 13.7. The number of nitro groups is 1. The van der Waals surface area contributed by atoms with Crippen LogP contribution in [0, 0.1) is 10.1 Å². The SMILES string of the molecule is CCCCOCC(=O)N1CCN(c2cc(=O)cc[nH]2)CC1.O=[N+]([O-])c1ccc(NC2CCCCC2)cc1C(F)(F)F. The number of amides is 1. The van der Waals surface area contributed by atoms with Crippen molar-refractivity contribution < 1.29 is 27.6 Å². The highest BCUT2D eigenvalue weighted by molar-refractivity contribution is 5.77. The van der Waals surface area contributed by atoms with Crippen molar-refractivity contribution in [1.29, 1.82) is 0 Å². The second-order valence-corrected chi connectivity index (χ2v) is 10.1. The molecule has 0 radical (unpaired) electrons. The van der Waals surface area contributed by atoms with E-state index in [9.17, 15) is 32.9 Å². The summed E-state index contributed by atoms with van der Waals surface area (Å²) in [6.07, 6.45) is 4.06. The third kappa shape index (κ3) is 10.1. The third-order valence-corrected chi connectivity index (χ3v) is 7.07. The lowest BCUT2D eigenvalue weighted by molar-refractivity contribution is -0.388. The summed E-state index contributed by atoms with van der Waals surface area (Å²) < 4.78 is 43.9. The number of rotatable bonds is 9. The summed E-state index contributed by atoms with van der Waals surface area (Å²) in [5.41, 5.74) is -1.84. The van der Waals surface area contributed by atoms with E-state index < -0.39 is 22.4 Å². The fraction of sp³-hybridized carbons (Fsp3) is 0.571. The third-order valence-electron chi connectivity index (χ3n) is 7.07. The Morgan fingerprint density at radius 1 is 1.12 bits per heavy atom. The molecule has 1 saturated heterocycles. The molecule has 1 saturated carbocycles. The van der Waals surface area contributed by atoms with Crippen molar-refractivity contribution in [2.24, 2.45) is 0 Å². The Labute approximate surface area is 237 Å². The Bertz CT molecular complexity index is 1190. The summed E-state index contributed by atoms with van der Waals surface area (Å²) in [7, 11) is 0. The number of ether oxygens (including phenoxy) is 1. The zero-order chi connectivity index (χ0) is 29.8. The van der Waals surface area contributed by atoms with Crippen LogP contribution < -0.4 is 15.6 Å². The van der Waals surface area contributed by atoms with Gasteiger partial charge in [-0.3, -0.25) is 19.7 Å². The van der Waals surface area contributed by atoms with Gasteiger partial charge in [0.15, 0.2) is 5.43 Å². The van der Waals surface area contributed by atoms with E-state index in [2.05, 4.69) is 22.1 Å². The zero-order valence-corrected chi connectivity index (χ0v) is 23.3. The number of aromatic amines is 1. The first kappa shape index (κ1) is 31.9. The fourth-order valence-electron chi connectivity index (χ4n) is 4.80. The van der Waals surface area contributed by atoms with Gasteiger partial charge in [-0.05, 0) is 31.4 Å². The van der Waals surface area contributed by atoms with E-state index in [-0.39, 0.29) is 29.7 Å². The van der Waals surface area contributed by atoms with Crippen molar-refractivity contribution in [3.05, 3.63) is 62.4 Å². The smallest absolute Gasteiger partial charge is 0.382 e. The van der Waals surface area contributed by atoms with E-state index in [4.69, 9.17) is 4.74 Å². The number of anilines is 2. The molecule has 0 spiro atoms. The standard InChI is InChI=1S/C15H23N3O3.C13H15F3N2O2/c1-2-3-10-21-12-15(20)18-8-6-17(7-9-18)14-11-13(19)4-5-16-14;14-13(15,16)11-8-10(6-7-12(11)18(19)20)17-9-4-2-1-3-5-9/h4-5,11H,2-3,6-10,12H2,1H3,(H,16,19);6-9,17H,1-5H2. The van der Waals surface area contributed by atoms with Crippen LogP contribution in [0.2, 0.25) is 0 Å². The maximum Gasteiger partial charge on any atom is 0.423 e. The van der Waals surface area contributed by atoms with Crippen LogP contribution in [0.4, 0.5) is 30.4 Å². The van der Waals surface area contributed by atoms with Gasteiger partial charge < -0.3 is 24.8 Å². The van der Waals surface area contributed by atoms with E-state index in [1.54, 1.807) is 12.3 Å². The van der Waals surface area contributed by atoms with Gasteiger partial charge >= 0.3 is 6.18 Å². The van der Waals surface area contributed by atoms with Crippen LogP contribution in [0.25, 0.3) is 0 Å². The predicted octanol–water partition coefficient (Wildman–Crippen LogP) is 5.20.